The van der Waals surface area contributed by atoms with Crippen LogP contribution in [0.4, 0.5) is 0 Å². The molecule has 1 unspecified atom stereocenters. The fraction of sp³-hybridized carbons (Fsp3) is 0.391. The van der Waals surface area contributed by atoms with Crippen molar-refractivity contribution >= 4 is 11.8 Å². The number of carbonyl (C=O) groups excluding carboxylic acids is 2. The molecule has 2 aromatic carbocycles. The molecule has 0 bridgehead atoms. The van der Waals surface area contributed by atoms with E-state index in [1.54, 1.807) is 4.90 Å². The first-order valence-electron chi connectivity index (χ1n) is 10.1. The monoisotopic (exact) mass is 377 g/mol. The minimum Gasteiger partial charge on any atom is -0.338 e. The molecule has 0 saturated carbocycles. The molecule has 146 valence electrons. The molecule has 0 aliphatic carbocycles. The van der Waals surface area contributed by atoms with Crippen LogP contribution in [-0.4, -0.2) is 59.2 Å². The fourth-order valence-corrected chi connectivity index (χ4v) is 4.26. The van der Waals surface area contributed by atoms with Crippen molar-refractivity contribution in [2.75, 3.05) is 32.7 Å². The Labute approximate surface area is 166 Å². The lowest BCUT2D eigenvalue weighted by Gasteiger charge is -2.38. The van der Waals surface area contributed by atoms with Crippen molar-refractivity contribution in [3.05, 3.63) is 71.3 Å². The van der Waals surface area contributed by atoms with Gasteiger partial charge in [0.15, 0.2) is 0 Å². The van der Waals surface area contributed by atoms with Gasteiger partial charge in [-0.05, 0) is 30.2 Å². The summed E-state index contributed by atoms with van der Waals surface area (Å²) in [6.07, 6.45) is 1.13. The third-order valence-corrected chi connectivity index (χ3v) is 5.73. The third-order valence-electron chi connectivity index (χ3n) is 5.73. The first kappa shape index (κ1) is 18.7. The zero-order chi connectivity index (χ0) is 19.5. The molecule has 1 fully saturated rings. The second-order valence-electron chi connectivity index (χ2n) is 7.57. The van der Waals surface area contributed by atoms with Gasteiger partial charge in [-0.25, -0.2) is 0 Å². The highest BCUT2D eigenvalue weighted by Gasteiger charge is 2.39. The van der Waals surface area contributed by atoms with Crippen molar-refractivity contribution in [2.45, 2.75) is 25.9 Å². The molecule has 0 radical (unpaired) electrons. The molecule has 4 rings (SSSR count). The average Bonchev–Trinajstić information content (AvgIpc) is 3.06. The molecule has 1 saturated heterocycles. The van der Waals surface area contributed by atoms with Crippen LogP contribution >= 0.6 is 0 Å². The maximum absolute atomic E-state index is 13.6. The predicted octanol–water partition coefficient (Wildman–Crippen LogP) is 2.94. The number of benzene rings is 2. The Morgan fingerprint density at radius 2 is 1.64 bits per heavy atom. The Morgan fingerprint density at radius 3 is 2.32 bits per heavy atom. The first-order chi connectivity index (χ1) is 13.7. The molecule has 2 heterocycles. The quantitative estimate of drug-likeness (QED) is 0.805. The second-order valence-corrected chi connectivity index (χ2v) is 7.57. The van der Waals surface area contributed by atoms with Gasteiger partial charge in [0.25, 0.3) is 5.91 Å². The summed E-state index contributed by atoms with van der Waals surface area (Å²) in [5, 5.41) is 0. The van der Waals surface area contributed by atoms with Gasteiger partial charge in [-0.1, -0.05) is 55.5 Å². The molecule has 2 aromatic rings. The molecule has 2 amide bonds. The normalized spacial score (nSPS) is 18.2. The third kappa shape index (κ3) is 3.54. The van der Waals surface area contributed by atoms with Crippen LogP contribution in [0.25, 0.3) is 0 Å². The molecule has 5 heteroatoms. The SMILES string of the molecule is CCCN1CCN(C(=O)C(c2ccccc2)N2Cc3ccccc3C2=O)CC1. The van der Waals surface area contributed by atoms with E-state index in [1.165, 1.54) is 0 Å². The van der Waals surface area contributed by atoms with Crippen molar-refractivity contribution in [2.24, 2.45) is 0 Å². The van der Waals surface area contributed by atoms with Gasteiger partial charge in [0.05, 0.1) is 0 Å². The molecule has 0 aromatic heterocycles. The maximum Gasteiger partial charge on any atom is 0.255 e. The van der Waals surface area contributed by atoms with Crippen LogP contribution in [0, 0.1) is 0 Å². The van der Waals surface area contributed by atoms with Gasteiger partial charge in [0, 0.05) is 38.3 Å². The molecule has 1 atom stereocenters. The molecule has 28 heavy (non-hydrogen) atoms. The molecule has 5 nitrogen and oxygen atoms in total. The minimum absolute atomic E-state index is 0.0310. The summed E-state index contributed by atoms with van der Waals surface area (Å²) in [7, 11) is 0. The van der Waals surface area contributed by atoms with Crippen molar-refractivity contribution in [3.8, 4) is 0 Å². The van der Waals surface area contributed by atoms with Crippen LogP contribution in [0.2, 0.25) is 0 Å². The van der Waals surface area contributed by atoms with Gasteiger partial charge in [-0.2, -0.15) is 0 Å². The van der Waals surface area contributed by atoms with Crippen LogP contribution < -0.4 is 0 Å². The summed E-state index contributed by atoms with van der Waals surface area (Å²) >= 11 is 0. The summed E-state index contributed by atoms with van der Waals surface area (Å²) in [5.74, 6) is -0.0223. The van der Waals surface area contributed by atoms with E-state index >= 15 is 0 Å². The average molecular weight is 377 g/mol. The fourth-order valence-electron chi connectivity index (χ4n) is 4.26. The number of hydrogen-bond acceptors (Lipinski definition) is 3. The van der Waals surface area contributed by atoms with Gasteiger partial charge in [0.2, 0.25) is 5.91 Å². The van der Waals surface area contributed by atoms with Crippen molar-refractivity contribution in [1.29, 1.82) is 0 Å². The molecular formula is C23H27N3O2. The Balaban J connectivity index is 1.59. The van der Waals surface area contributed by atoms with Crippen LogP contribution in [0.3, 0.4) is 0 Å². The molecule has 2 aliphatic rings. The first-order valence-corrected chi connectivity index (χ1v) is 10.1. The lowest BCUT2D eigenvalue weighted by Crippen LogP contribution is -2.52. The molecule has 2 aliphatic heterocycles. The Morgan fingerprint density at radius 1 is 0.964 bits per heavy atom. The van der Waals surface area contributed by atoms with Gasteiger partial charge in [-0.15, -0.1) is 0 Å². The van der Waals surface area contributed by atoms with Crippen LogP contribution in [-0.2, 0) is 11.3 Å². The number of fused-ring (bicyclic) bond motifs is 1. The zero-order valence-corrected chi connectivity index (χ0v) is 16.4. The van der Waals surface area contributed by atoms with Gasteiger partial charge < -0.3 is 9.80 Å². The van der Waals surface area contributed by atoms with Gasteiger partial charge in [-0.3, -0.25) is 14.5 Å². The van der Waals surface area contributed by atoms with E-state index in [9.17, 15) is 9.59 Å². The van der Waals surface area contributed by atoms with Crippen molar-refractivity contribution in [3.63, 3.8) is 0 Å². The highest BCUT2D eigenvalue weighted by molar-refractivity contribution is 6.01. The lowest BCUT2D eigenvalue weighted by atomic mass is 10.0. The maximum atomic E-state index is 13.6. The van der Waals surface area contributed by atoms with E-state index in [4.69, 9.17) is 0 Å². The van der Waals surface area contributed by atoms with E-state index in [2.05, 4.69) is 11.8 Å². The van der Waals surface area contributed by atoms with Crippen molar-refractivity contribution < 1.29 is 9.59 Å². The smallest absolute Gasteiger partial charge is 0.255 e. The van der Waals surface area contributed by atoms with E-state index in [0.29, 0.717) is 12.1 Å². The summed E-state index contributed by atoms with van der Waals surface area (Å²) < 4.78 is 0. The summed E-state index contributed by atoms with van der Waals surface area (Å²) in [6.45, 7) is 6.97. The number of rotatable bonds is 5. The Bertz CT molecular complexity index is 844. The second kappa shape index (κ2) is 8.15. The number of piperazine rings is 1. The van der Waals surface area contributed by atoms with E-state index < -0.39 is 6.04 Å². The predicted molar refractivity (Wildman–Crippen MR) is 109 cm³/mol. The van der Waals surface area contributed by atoms with E-state index in [-0.39, 0.29) is 11.8 Å². The lowest BCUT2D eigenvalue weighted by molar-refractivity contribution is -0.138. The van der Waals surface area contributed by atoms with Gasteiger partial charge >= 0.3 is 0 Å². The zero-order valence-electron chi connectivity index (χ0n) is 16.4. The number of carbonyl (C=O) groups is 2. The standard InChI is InChI=1S/C23H27N3O2/c1-2-12-24-13-15-25(16-14-24)23(28)21(18-8-4-3-5-9-18)26-17-19-10-6-7-11-20(19)22(26)27/h3-11,21H,2,12-17H2,1H3. The van der Waals surface area contributed by atoms with Crippen LogP contribution in [0.1, 0.15) is 40.9 Å². The highest BCUT2D eigenvalue weighted by Crippen LogP contribution is 2.32. The molecular weight excluding hydrogens is 350 g/mol. The minimum atomic E-state index is -0.571. The molecule has 0 spiro atoms. The highest BCUT2D eigenvalue weighted by atomic mass is 16.2. The van der Waals surface area contributed by atoms with Crippen molar-refractivity contribution in [1.82, 2.24) is 14.7 Å². The van der Waals surface area contributed by atoms with Crippen LogP contribution in [0.5, 0.6) is 0 Å². The number of hydrogen-bond donors (Lipinski definition) is 0. The van der Waals surface area contributed by atoms with E-state index in [1.807, 2.05) is 59.5 Å². The largest absolute Gasteiger partial charge is 0.338 e. The Kier molecular flexibility index (Phi) is 5.44. The number of nitrogens with zero attached hydrogens (tertiary/aromatic N) is 3. The summed E-state index contributed by atoms with van der Waals surface area (Å²) in [6, 6.07) is 16.8. The van der Waals surface area contributed by atoms with E-state index in [0.717, 1.165) is 50.3 Å². The Hall–Kier alpha value is -2.66. The molecule has 0 N–H and O–H groups in total. The number of amides is 2. The topological polar surface area (TPSA) is 43.9 Å². The summed E-state index contributed by atoms with van der Waals surface area (Å²) in [4.78, 5) is 32.7. The van der Waals surface area contributed by atoms with Crippen LogP contribution in [0.15, 0.2) is 54.6 Å². The summed E-state index contributed by atoms with van der Waals surface area (Å²) in [5.41, 5.74) is 2.59. The van der Waals surface area contributed by atoms with Gasteiger partial charge in [0.1, 0.15) is 6.04 Å².